The molecule has 1 aliphatic heterocycles. The minimum atomic E-state index is 0.494. The molecule has 90 valence electrons. The fourth-order valence-electron chi connectivity index (χ4n) is 2.37. The molecule has 0 saturated heterocycles. The van der Waals surface area contributed by atoms with Gasteiger partial charge in [0.05, 0.1) is 11.4 Å². The van der Waals surface area contributed by atoms with Crippen molar-refractivity contribution in [1.29, 1.82) is 0 Å². The van der Waals surface area contributed by atoms with E-state index in [0.29, 0.717) is 12.5 Å². The highest BCUT2D eigenvalue weighted by molar-refractivity contribution is 5.21. The lowest BCUT2D eigenvalue weighted by Gasteiger charge is -2.26. The van der Waals surface area contributed by atoms with Gasteiger partial charge in [0.15, 0.2) is 0 Å². The Balaban J connectivity index is 2.40. The van der Waals surface area contributed by atoms with Gasteiger partial charge in [0, 0.05) is 32.0 Å². The molecule has 2 rings (SSSR count). The molecule has 0 unspecified atom stereocenters. The minimum Gasteiger partial charge on any atom is -0.330 e. The van der Waals surface area contributed by atoms with Crippen LogP contribution in [0.1, 0.15) is 37.0 Å². The van der Waals surface area contributed by atoms with Crippen molar-refractivity contribution in [3.8, 4) is 0 Å². The Morgan fingerprint density at radius 2 is 2.12 bits per heavy atom. The van der Waals surface area contributed by atoms with Crippen molar-refractivity contribution in [1.82, 2.24) is 14.5 Å². The summed E-state index contributed by atoms with van der Waals surface area (Å²) in [5.41, 5.74) is 8.23. The first-order valence-electron chi connectivity index (χ1n) is 6.10. The van der Waals surface area contributed by atoms with Crippen LogP contribution in [-0.2, 0) is 19.5 Å². The molecule has 1 aromatic rings. The topological polar surface area (TPSA) is 47.1 Å². The molecule has 0 amide bonds. The maximum atomic E-state index is 5.65. The molecule has 0 aromatic carbocycles. The molecule has 0 atom stereocenters. The van der Waals surface area contributed by atoms with E-state index >= 15 is 0 Å². The number of hydrogen-bond acceptors (Lipinski definition) is 3. The van der Waals surface area contributed by atoms with Gasteiger partial charge < -0.3 is 10.3 Å². The van der Waals surface area contributed by atoms with Crippen LogP contribution in [0.2, 0.25) is 0 Å². The van der Waals surface area contributed by atoms with Gasteiger partial charge in [-0.15, -0.1) is 0 Å². The van der Waals surface area contributed by atoms with Crippen molar-refractivity contribution >= 4 is 0 Å². The van der Waals surface area contributed by atoms with Crippen molar-refractivity contribution in [3.63, 3.8) is 0 Å². The summed E-state index contributed by atoms with van der Waals surface area (Å²) in [4.78, 5) is 7.12. The molecule has 16 heavy (non-hydrogen) atoms. The Hall–Kier alpha value is -0.870. The van der Waals surface area contributed by atoms with Crippen LogP contribution in [0.5, 0.6) is 0 Å². The summed E-state index contributed by atoms with van der Waals surface area (Å²) in [5.74, 6) is 1.72. The maximum absolute atomic E-state index is 5.65. The third-order valence-electron chi connectivity index (χ3n) is 3.21. The first kappa shape index (κ1) is 11.6. The van der Waals surface area contributed by atoms with E-state index in [9.17, 15) is 0 Å². The number of hydrogen-bond donors (Lipinski definition) is 1. The van der Waals surface area contributed by atoms with Crippen molar-refractivity contribution < 1.29 is 0 Å². The smallest absolute Gasteiger partial charge is 0.111 e. The highest BCUT2D eigenvalue weighted by atomic mass is 15.2. The van der Waals surface area contributed by atoms with Crippen LogP contribution in [0.25, 0.3) is 0 Å². The van der Waals surface area contributed by atoms with Gasteiger partial charge in [0.2, 0.25) is 0 Å². The lowest BCUT2D eigenvalue weighted by molar-refractivity contribution is 0.265. The van der Waals surface area contributed by atoms with Crippen LogP contribution in [0.3, 0.4) is 0 Å². The van der Waals surface area contributed by atoms with Gasteiger partial charge in [0.1, 0.15) is 5.82 Å². The second-order valence-electron chi connectivity index (χ2n) is 4.95. The normalized spacial score (nSPS) is 16.8. The van der Waals surface area contributed by atoms with E-state index in [1.165, 1.54) is 17.2 Å². The van der Waals surface area contributed by atoms with Crippen molar-refractivity contribution in [2.24, 2.45) is 5.73 Å². The molecule has 2 N–H and O–H groups in total. The number of nitrogens with zero attached hydrogens (tertiary/aromatic N) is 3. The molecule has 4 heteroatoms. The van der Waals surface area contributed by atoms with Gasteiger partial charge in [0.25, 0.3) is 0 Å². The van der Waals surface area contributed by atoms with Crippen molar-refractivity contribution in [2.75, 3.05) is 20.1 Å². The van der Waals surface area contributed by atoms with Gasteiger partial charge in [-0.2, -0.15) is 0 Å². The maximum Gasteiger partial charge on any atom is 0.111 e. The summed E-state index contributed by atoms with van der Waals surface area (Å²) in [7, 11) is 2.16. The molecule has 0 bridgehead atoms. The van der Waals surface area contributed by atoms with E-state index in [-0.39, 0.29) is 0 Å². The molecule has 1 aliphatic rings. The molecule has 0 radical (unpaired) electrons. The lowest BCUT2D eigenvalue weighted by atomic mass is 10.2. The third-order valence-corrected chi connectivity index (χ3v) is 3.21. The second kappa shape index (κ2) is 4.55. The van der Waals surface area contributed by atoms with Crippen molar-refractivity contribution in [3.05, 3.63) is 17.2 Å². The molecule has 0 saturated carbocycles. The van der Waals surface area contributed by atoms with Crippen LogP contribution in [0, 0.1) is 0 Å². The Morgan fingerprint density at radius 3 is 2.75 bits per heavy atom. The number of fused-ring (bicyclic) bond motifs is 1. The zero-order chi connectivity index (χ0) is 11.7. The summed E-state index contributed by atoms with van der Waals surface area (Å²) < 4.78 is 2.40. The summed E-state index contributed by atoms with van der Waals surface area (Å²) in [6, 6.07) is 0. The monoisotopic (exact) mass is 222 g/mol. The molecule has 1 aromatic heterocycles. The van der Waals surface area contributed by atoms with Crippen LogP contribution in [-0.4, -0.2) is 34.6 Å². The van der Waals surface area contributed by atoms with E-state index in [1.807, 2.05) is 0 Å². The zero-order valence-electron chi connectivity index (χ0n) is 10.5. The molecular weight excluding hydrogens is 200 g/mol. The minimum absolute atomic E-state index is 0.494. The zero-order valence-corrected chi connectivity index (χ0v) is 10.5. The quantitative estimate of drug-likeness (QED) is 0.828. The number of likely N-dealkylation sites (N-methyl/N-ethyl adjacent to an activating group) is 1. The van der Waals surface area contributed by atoms with Crippen LogP contribution in [0.15, 0.2) is 0 Å². The first-order chi connectivity index (χ1) is 7.63. The van der Waals surface area contributed by atoms with E-state index in [0.717, 1.165) is 26.1 Å². The summed E-state index contributed by atoms with van der Waals surface area (Å²) in [6.45, 7) is 8.29. The summed E-state index contributed by atoms with van der Waals surface area (Å²) in [5, 5.41) is 0. The largest absolute Gasteiger partial charge is 0.330 e. The fourth-order valence-corrected chi connectivity index (χ4v) is 2.37. The van der Waals surface area contributed by atoms with Gasteiger partial charge in [-0.3, -0.25) is 4.90 Å². The standard InChI is InChI=1S/C12H22N4/c1-9(2)12-14-10(4-5-13)11-8-15(3)6-7-16(11)12/h9H,4-8,13H2,1-3H3. The molecular formula is C12H22N4. The van der Waals surface area contributed by atoms with Crippen LogP contribution in [0.4, 0.5) is 0 Å². The number of rotatable bonds is 3. The van der Waals surface area contributed by atoms with E-state index in [2.05, 4.69) is 30.4 Å². The Labute approximate surface area is 97.4 Å². The number of imidazole rings is 1. The fraction of sp³-hybridized carbons (Fsp3) is 0.750. The first-order valence-corrected chi connectivity index (χ1v) is 6.10. The Bertz CT molecular complexity index is 367. The van der Waals surface area contributed by atoms with Gasteiger partial charge in [-0.25, -0.2) is 4.98 Å². The Kier molecular flexibility index (Phi) is 3.30. The number of nitrogens with two attached hydrogens (primary N) is 1. The summed E-state index contributed by atoms with van der Waals surface area (Å²) >= 11 is 0. The molecule has 0 fully saturated rings. The number of aromatic nitrogens is 2. The van der Waals surface area contributed by atoms with Crippen molar-refractivity contribution in [2.45, 2.75) is 39.3 Å². The van der Waals surface area contributed by atoms with Crippen LogP contribution < -0.4 is 5.73 Å². The average molecular weight is 222 g/mol. The van der Waals surface area contributed by atoms with Gasteiger partial charge in [-0.1, -0.05) is 13.8 Å². The SMILES string of the molecule is CC(C)c1nc(CCN)c2n1CCN(C)C2. The molecule has 4 nitrogen and oxygen atoms in total. The predicted octanol–water partition coefficient (Wildman–Crippen LogP) is 0.953. The van der Waals surface area contributed by atoms with Gasteiger partial charge in [-0.05, 0) is 13.6 Å². The van der Waals surface area contributed by atoms with Gasteiger partial charge >= 0.3 is 0 Å². The molecule has 0 spiro atoms. The van der Waals surface area contributed by atoms with E-state index < -0.39 is 0 Å². The third kappa shape index (κ3) is 1.99. The molecule has 2 heterocycles. The highest BCUT2D eigenvalue weighted by Gasteiger charge is 2.22. The Morgan fingerprint density at radius 1 is 1.38 bits per heavy atom. The second-order valence-corrected chi connectivity index (χ2v) is 4.95. The van der Waals surface area contributed by atoms with Crippen LogP contribution >= 0.6 is 0 Å². The van der Waals surface area contributed by atoms with E-state index in [1.54, 1.807) is 0 Å². The average Bonchev–Trinajstić information content (AvgIpc) is 2.58. The van der Waals surface area contributed by atoms with E-state index in [4.69, 9.17) is 10.7 Å². The molecule has 0 aliphatic carbocycles. The highest BCUT2D eigenvalue weighted by Crippen LogP contribution is 2.23. The predicted molar refractivity (Wildman–Crippen MR) is 65.4 cm³/mol. The lowest BCUT2D eigenvalue weighted by Crippen LogP contribution is -2.31. The summed E-state index contributed by atoms with van der Waals surface area (Å²) in [6.07, 6.45) is 0.899.